The molecule has 0 spiro atoms. The molecule has 0 fully saturated rings. The Morgan fingerprint density at radius 2 is 2.42 bits per heavy atom. The number of pyridine rings is 1. The molecule has 5 heteroatoms. The maximum atomic E-state index is 10.7. The Hall–Kier alpha value is -0.360. The molecular formula is C7H6ClIN2O. The Bertz CT molecular complexity index is 316. The normalized spacial score (nSPS) is 9.58. The van der Waals surface area contributed by atoms with E-state index in [1.807, 2.05) is 0 Å². The van der Waals surface area contributed by atoms with Crippen molar-refractivity contribution in [1.82, 2.24) is 4.98 Å². The standard InChI is InChI=1S/C7H6ClIN2O/c1-4(12)11-6-2-7(8)10-3-5(6)9/h2-3H,1H3,(H,10,11,12). The average molecular weight is 296 g/mol. The highest BCUT2D eigenvalue weighted by atomic mass is 127. The van der Waals surface area contributed by atoms with Crippen LogP contribution in [0.4, 0.5) is 5.69 Å². The molecule has 0 radical (unpaired) electrons. The van der Waals surface area contributed by atoms with Crippen LogP contribution in [-0.4, -0.2) is 10.9 Å². The third-order valence-electron chi connectivity index (χ3n) is 1.13. The fraction of sp³-hybridized carbons (Fsp3) is 0.143. The molecule has 0 aliphatic heterocycles. The lowest BCUT2D eigenvalue weighted by molar-refractivity contribution is -0.114. The van der Waals surface area contributed by atoms with Crippen LogP contribution >= 0.6 is 34.2 Å². The summed E-state index contributed by atoms with van der Waals surface area (Å²) in [5, 5.41) is 3.02. The van der Waals surface area contributed by atoms with Gasteiger partial charge < -0.3 is 5.32 Å². The van der Waals surface area contributed by atoms with Crippen molar-refractivity contribution in [3.63, 3.8) is 0 Å². The summed E-state index contributed by atoms with van der Waals surface area (Å²) in [5.74, 6) is -0.116. The van der Waals surface area contributed by atoms with Gasteiger partial charge in [-0.25, -0.2) is 4.98 Å². The van der Waals surface area contributed by atoms with E-state index in [-0.39, 0.29) is 5.91 Å². The SMILES string of the molecule is CC(=O)Nc1cc(Cl)ncc1I. The number of nitrogens with zero attached hydrogens (tertiary/aromatic N) is 1. The number of halogens is 2. The van der Waals surface area contributed by atoms with Gasteiger partial charge in [0.2, 0.25) is 5.91 Å². The summed E-state index contributed by atoms with van der Waals surface area (Å²) >= 11 is 7.71. The van der Waals surface area contributed by atoms with Crippen LogP contribution in [0.5, 0.6) is 0 Å². The van der Waals surface area contributed by atoms with Crippen molar-refractivity contribution in [2.24, 2.45) is 0 Å². The Morgan fingerprint density at radius 1 is 1.75 bits per heavy atom. The second-order valence-electron chi connectivity index (χ2n) is 2.17. The fourth-order valence-electron chi connectivity index (χ4n) is 0.699. The van der Waals surface area contributed by atoms with E-state index >= 15 is 0 Å². The maximum absolute atomic E-state index is 10.7. The number of nitrogens with one attached hydrogen (secondary N) is 1. The zero-order valence-electron chi connectivity index (χ0n) is 6.27. The molecule has 1 amide bonds. The third-order valence-corrected chi connectivity index (χ3v) is 2.20. The van der Waals surface area contributed by atoms with E-state index in [1.54, 1.807) is 12.3 Å². The van der Waals surface area contributed by atoms with E-state index in [2.05, 4.69) is 32.9 Å². The van der Waals surface area contributed by atoms with Crippen molar-refractivity contribution in [3.8, 4) is 0 Å². The van der Waals surface area contributed by atoms with Crippen molar-refractivity contribution >= 4 is 45.8 Å². The number of anilines is 1. The van der Waals surface area contributed by atoms with E-state index < -0.39 is 0 Å². The average Bonchev–Trinajstić information content (AvgIpc) is 1.96. The number of hydrogen-bond donors (Lipinski definition) is 1. The molecule has 0 unspecified atom stereocenters. The zero-order chi connectivity index (χ0) is 9.14. The molecule has 0 atom stereocenters. The fourth-order valence-corrected chi connectivity index (χ4v) is 1.29. The molecule has 0 aliphatic rings. The number of carbonyl (C=O) groups is 1. The molecule has 3 nitrogen and oxygen atoms in total. The molecule has 0 saturated carbocycles. The predicted octanol–water partition coefficient (Wildman–Crippen LogP) is 2.30. The lowest BCUT2D eigenvalue weighted by Gasteiger charge is -2.03. The highest BCUT2D eigenvalue weighted by molar-refractivity contribution is 14.1. The van der Waals surface area contributed by atoms with Crippen LogP contribution in [0.25, 0.3) is 0 Å². The smallest absolute Gasteiger partial charge is 0.221 e. The Kier molecular flexibility index (Phi) is 3.28. The van der Waals surface area contributed by atoms with E-state index in [9.17, 15) is 4.79 Å². The zero-order valence-corrected chi connectivity index (χ0v) is 9.18. The van der Waals surface area contributed by atoms with Crippen molar-refractivity contribution in [2.75, 3.05) is 5.32 Å². The quantitative estimate of drug-likeness (QED) is 0.638. The van der Waals surface area contributed by atoms with Crippen molar-refractivity contribution < 1.29 is 4.79 Å². The Morgan fingerprint density at radius 3 is 3.00 bits per heavy atom. The van der Waals surface area contributed by atoms with Gasteiger partial charge in [0.05, 0.1) is 9.26 Å². The molecule has 1 heterocycles. The first-order valence-corrected chi connectivity index (χ1v) is 4.64. The van der Waals surface area contributed by atoms with Crippen LogP contribution in [0.3, 0.4) is 0 Å². The summed E-state index contributed by atoms with van der Waals surface area (Å²) in [5.41, 5.74) is 0.697. The first-order chi connectivity index (χ1) is 5.59. The summed E-state index contributed by atoms with van der Waals surface area (Å²) < 4.78 is 0.868. The molecule has 1 N–H and O–H groups in total. The molecule has 12 heavy (non-hydrogen) atoms. The van der Waals surface area contributed by atoms with Gasteiger partial charge >= 0.3 is 0 Å². The summed E-state index contributed by atoms with van der Waals surface area (Å²) in [7, 11) is 0. The first-order valence-electron chi connectivity index (χ1n) is 3.18. The monoisotopic (exact) mass is 296 g/mol. The van der Waals surface area contributed by atoms with Crippen LogP contribution < -0.4 is 5.32 Å². The molecule has 1 rings (SSSR count). The molecule has 64 valence electrons. The number of rotatable bonds is 1. The van der Waals surface area contributed by atoms with Gasteiger partial charge in [0.15, 0.2) is 0 Å². The second-order valence-corrected chi connectivity index (χ2v) is 3.72. The molecular weight excluding hydrogens is 290 g/mol. The number of aromatic nitrogens is 1. The summed E-state index contributed by atoms with van der Waals surface area (Å²) in [6, 6.07) is 1.62. The maximum Gasteiger partial charge on any atom is 0.221 e. The van der Waals surface area contributed by atoms with Gasteiger partial charge in [-0.15, -0.1) is 0 Å². The minimum absolute atomic E-state index is 0.116. The van der Waals surface area contributed by atoms with Crippen LogP contribution in [0.15, 0.2) is 12.3 Å². The summed E-state index contributed by atoms with van der Waals surface area (Å²) in [6.45, 7) is 1.45. The van der Waals surface area contributed by atoms with E-state index in [4.69, 9.17) is 11.6 Å². The first kappa shape index (κ1) is 9.73. The Labute approximate surface area is 88.7 Å². The van der Waals surface area contributed by atoms with Crippen LogP contribution in [-0.2, 0) is 4.79 Å². The number of carbonyl (C=O) groups excluding carboxylic acids is 1. The van der Waals surface area contributed by atoms with Crippen LogP contribution in [0.2, 0.25) is 5.15 Å². The summed E-state index contributed by atoms with van der Waals surface area (Å²) in [6.07, 6.45) is 1.61. The van der Waals surface area contributed by atoms with Gasteiger partial charge in [-0.2, -0.15) is 0 Å². The second kappa shape index (κ2) is 4.04. The van der Waals surface area contributed by atoms with Gasteiger partial charge in [-0.05, 0) is 22.6 Å². The topological polar surface area (TPSA) is 42.0 Å². The lowest BCUT2D eigenvalue weighted by Crippen LogP contribution is -2.07. The highest BCUT2D eigenvalue weighted by Gasteiger charge is 2.02. The summed E-state index contributed by atoms with van der Waals surface area (Å²) in [4.78, 5) is 14.6. The van der Waals surface area contributed by atoms with Gasteiger partial charge in [-0.3, -0.25) is 4.79 Å². The molecule has 0 saturated heterocycles. The van der Waals surface area contributed by atoms with E-state index in [0.29, 0.717) is 10.8 Å². The predicted molar refractivity (Wildman–Crippen MR) is 56.3 cm³/mol. The van der Waals surface area contributed by atoms with E-state index in [1.165, 1.54) is 6.92 Å². The van der Waals surface area contributed by atoms with Crippen LogP contribution in [0, 0.1) is 3.57 Å². The molecule has 1 aromatic heterocycles. The minimum Gasteiger partial charge on any atom is -0.325 e. The minimum atomic E-state index is -0.116. The van der Waals surface area contributed by atoms with Gasteiger partial charge in [0.1, 0.15) is 5.15 Å². The van der Waals surface area contributed by atoms with Gasteiger partial charge in [0.25, 0.3) is 0 Å². The van der Waals surface area contributed by atoms with Crippen molar-refractivity contribution in [1.29, 1.82) is 0 Å². The number of amides is 1. The molecule has 0 aliphatic carbocycles. The van der Waals surface area contributed by atoms with Crippen molar-refractivity contribution in [2.45, 2.75) is 6.92 Å². The van der Waals surface area contributed by atoms with Crippen LogP contribution in [0.1, 0.15) is 6.92 Å². The highest BCUT2D eigenvalue weighted by Crippen LogP contribution is 2.19. The number of hydrogen-bond acceptors (Lipinski definition) is 2. The van der Waals surface area contributed by atoms with Gasteiger partial charge in [0, 0.05) is 19.2 Å². The van der Waals surface area contributed by atoms with Crippen molar-refractivity contribution in [3.05, 3.63) is 21.0 Å². The van der Waals surface area contributed by atoms with Gasteiger partial charge in [-0.1, -0.05) is 11.6 Å². The largest absolute Gasteiger partial charge is 0.325 e. The lowest BCUT2D eigenvalue weighted by atomic mass is 10.4. The molecule has 0 aromatic carbocycles. The molecule has 0 bridgehead atoms. The van der Waals surface area contributed by atoms with E-state index in [0.717, 1.165) is 3.57 Å². The third kappa shape index (κ3) is 2.60. The molecule has 1 aromatic rings. The Balaban J connectivity index is 2.97.